The topological polar surface area (TPSA) is 184 Å². The van der Waals surface area contributed by atoms with Gasteiger partial charge in [0.1, 0.15) is 29.8 Å². The van der Waals surface area contributed by atoms with E-state index in [2.05, 4.69) is 5.32 Å². The van der Waals surface area contributed by atoms with Crippen molar-refractivity contribution in [3.63, 3.8) is 0 Å². The molecule has 1 aliphatic rings. The number of ether oxygens (including phenoxy) is 1. The second-order valence-corrected chi connectivity index (χ2v) is 11.1. The van der Waals surface area contributed by atoms with E-state index >= 15 is 0 Å². The van der Waals surface area contributed by atoms with E-state index in [1.54, 1.807) is 36.4 Å². The van der Waals surface area contributed by atoms with Crippen LogP contribution in [0.1, 0.15) is 19.4 Å². The number of nitro groups is 1. The van der Waals surface area contributed by atoms with Gasteiger partial charge in [0.2, 0.25) is 0 Å². The molecule has 0 bridgehead atoms. The maximum absolute atomic E-state index is 14.1. The molecule has 0 saturated carbocycles. The van der Waals surface area contributed by atoms with E-state index < -0.39 is 48.7 Å². The number of phosphoric acid groups is 1. The molecule has 0 saturated heterocycles. The predicted molar refractivity (Wildman–Crippen MR) is 152 cm³/mol. The van der Waals surface area contributed by atoms with Gasteiger partial charge < -0.3 is 33.8 Å². The van der Waals surface area contributed by atoms with Gasteiger partial charge in [0.05, 0.1) is 17.1 Å². The van der Waals surface area contributed by atoms with Crippen molar-refractivity contribution < 1.29 is 47.6 Å². The quantitative estimate of drug-likeness (QED) is 0.104. The Kier molecular flexibility index (Phi) is 9.69. The molecule has 0 aliphatic carbocycles. The van der Waals surface area contributed by atoms with Crippen LogP contribution in [0.4, 0.5) is 5.69 Å². The van der Waals surface area contributed by atoms with Gasteiger partial charge in [-0.05, 0) is 48.9 Å². The van der Waals surface area contributed by atoms with E-state index in [4.69, 9.17) is 18.3 Å². The third-order valence-electron chi connectivity index (χ3n) is 6.55. The van der Waals surface area contributed by atoms with Gasteiger partial charge in [-0.3, -0.25) is 14.9 Å². The minimum atomic E-state index is -4.60. The molecule has 14 heteroatoms. The first kappa shape index (κ1) is 31.1. The second-order valence-electron chi connectivity index (χ2n) is 9.65. The molecule has 4 rings (SSSR count). The molecule has 3 aromatic carbocycles. The minimum absolute atomic E-state index is 0.132. The number of aliphatic hydroxyl groups excluding tert-OH is 1. The van der Waals surface area contributed by atoms with Gasteiger partial charge in [0.25, 0.3) is 5.69 Å². The highest BCUT2D eigenvalue weighted by Crippen LogP contribution is 2.54. The number of esters is 1. The first-order valence-electron chi connectivity index (χ1n) is 13.1. The van der Waals surface area contributed by atoms with Crippen LogP contribution < -0.4 is 14.4 Å². The molecule has 3 N–H and O–H groups in total. The predicted octanol–water partition coefficient (Wildman–Crippen LogP) is 4.82. The van der Waals surface area contributed by atoms with Crippen LogP contribution in [0.15, 0.2) is 96.4 Å². The lowest BCUT2D eigenvalue weighted by atomic mass is 9.87. The van der Waals surface area contributed by atoms with Crippen molar-refractivity contribution in [3.8, 4) is 11.5 Å². The fourth-order valence-electron chi connectivity index (χ4n) is 4.43. The van der Waals surface area contributed by atoms with Gasteiger partial charge in [-0.2, -0.15) is 4.57 Å². The third kappa shape index (κ3) is 7.70. The Bertz CT molecular complexity index is 1480. The zero-order valence-electron chi connectivity index (χ0n) is 23.1. The SMILES string of the molecule is C[C@@H](O)[C@@H](C(=O)O)[C@@H]1NC(C(=O)OCc2ccc([N+](=O)[O-])cc2)=C(OP(=O)(Oc2ccccc2)Oc2ccccc2)[C@@H]1C. The number of carbonyl (C=O) groups is 2. The van der Waals surface area contributed by atoms with Crippen LogP contribution in [0.3, 0.4) is 0 Å². The minimum Gasteiger partial charge on any atom is -0.481 e. The van der Waals surface area contributed by atoms with Crippen molar-refractivity contribution >= 4 is 25.4 Å². The van der Waals surface area contributed by atoms with Crippen LogP contribution in [0.5, 0.6) is 11.5 Å². The number of hydrogen-bond donors (Lipinski definition) is 3. The summed E-state index contributed by atoms with van der Waals surface area (Å²) in [6.07, 6.45) is -1.35. The molecule has 13 nitrogen and oxygen atoms in total. The fraction of sp³-hybridized carbons (Fsp3) is 0.241. The highest BCUT2D eigenvalue weighted by molar-refractivity contribution is 7.49. The van der Waals surface area contributed by atoms with Crippen molar-refractivity contribution in [3.05, 3.63) is 112 Å². The Hall–Kier alpha value is -4.87. The average molecular weight is 613 g/mol. The van der Waals surface area contributed by atoms with E-state index in [-0.39, 0.29) is 35.2 Å². The van der Waals surface area contributed by atoms with Crippen molar-refractivity contribution in [2.24, 2.45) is 11.8 Å². The molecule has 0 radical (unpaired) electrons. The number of phosphoric ester groups is 1. The number of para-hydroxylation sites is 2. The number of aliphatic hydroxyl groups is 1. The van der Waals surface area contributed by atoms with E-state index in [1.165, 1.54) is 62.4 Å². The van der Waals surface area contributed by atoms with Crippen LogP contribution >= 0.6 is 7.82 Å². The fourth-order valence-corrected chi connectivity index (χ4v) is 5.80. The lowest BCUT2D eigenvalue weighted by Crippen LogP contribution is -2.46. The highest BCUT2D eigenvalue weighted by atomic mass is 31.2. The zero-order chi connectivity index (χ0) is 31.1. The number of nitrogens with zero attached hydrogens (tertiary/aromatic N) is 1. The summed E-state index contributed by atoms with van der Waals surface area (Å²) in [4.78, 5) is 35.8. The van der Waals surface area contributed by atoms with Crippen molar-refractivity contribution in [1.29, 1.82) is 0 Å². The maximum atomic E-state index is 14.1. The summed E-state index contributed by atoms with van der Waals surface area (Å²) >= 11 is 0. The second kappa shape index (κ2) is 13.4. The molecule has 0 amide bonds. The smallest absolute Gasteiger partial charge is 0.481 e. The number of non-ortho nitro benzene ring substituents is 1. The lowest BCUT2D eigenvalue weighted by Gasteiger charge is -2.27. The van der Waals surface area contributed by atoms with Gasteiger partial charge in [-0.25, -0.2) is 4.79 Å². The first-order chi connectivity index (χ1) is 20.5. The summed E-state index contributed by atoms with van der Waals surface area (Å²) in [5.41, 5.74) is -0.0598. The summed E-state index contributed by atoms with van der Waals surface area (Å²) in [6, 6.07) is 20.3. The number of benzene rings is 3. The Morgan fingerprint density at radius 2 is 1.49 bits per heavy atom. The van der Waals surface area contributed by atoms with Crippen molar-refractivity contribution in [2.45, 2.75) is 32.6 Å². The van der Waals surface area contributed by atoms with Crippen LogP contribution in [-0.2, 0) is 30.0 Å². The van der Waals surface area contributed by atoms with E-state index in [0.29, 0.717) is 5.56 Å². The third-order valence-corrected chi connectivity index (χ3v) is 7.84. The van der Waals surface area contributed by atoms with Crippen LogP contribution in [0.25, 0.3) is 0 Å². The largest absolute Gasteiger partial charge is 0.646 e. The van der Waals surface area contributed by atoms with Crippen molar-refractivity contribution in [1.82, 2.24) is 5.32 Å². The highest BCUT2D eigenvalue weighted by Gasteiger charge is 2.48. The molecule has 4 atom stereocenters. The van der Waals surface area contributed by atoms with Gasteiger partial charge >= 0.3 is 19.8 Å². The molecule has 1 heterocycles. The number of nitrogens with one attached hydrogen (secondary N) is 1. The molecular formula is C29H29N2O11P. The average Bonchev–Trinajstić information content (AvgIpc) is 3.27. The molecule has 0 spiro atoms. The number of aliphatic carboxylic acids is 1. The van der Waals surface area contributed by atoms with Crippen LogP contribution in [-0.4, -0.2) is 39.2 Å². The molecule has 3 aromatic rings. The van der Waals surface area contributed by atoms with Gasteiger partial charge in [-0.15, -0.1) is 0 Å². The van der Waals surface area contributed by atoms with Crippen LogP contribution in [0.2, 0.25) is 0 Å². The molecule has 43 heavy (non-hydrogen) atoms. The Morgan fingerprint density at radius 1 is 0.953 bits per heavy atom. The molecule has 0 unspecified atom stereocenters. The Morgan fingerprint density at radius 3 is 1.95 bits per heavy atom. The summed E-state index contributed by atoms with van der Waals surface area (Å²) in [5, 5.41) is 33.8. The molecule has 0 aromatic heterocycles. The summed E-state index contributed by atoms with van der Waals surface area (Å²) < 4.78 is 36.7. The number of rotatable bonds is 13. The molecule has 1 aliphatic heterocycles. The molecular weight excluding hydrogens is 583 g/mol. The number of carboxylic acid groups (broad SMARTS) is 1. The maximum Gasteiger partial charge on any atom is 0.646 e. The summed E-state index contributed by atoms with van der Waals surface area (Å²) in [5.74, 6) is -4.69. The number of carboxylic acids is 1. The molecule has 226 valence electrons. The van der Waals surface area contributed by atoms with E-state index in [9.17, 15) is 34.5 Å². The first-order valence-corrected chi connectivity index (χ1v) is 14.5. The van der Waals surface area contributed by atoms with Crippen molar-refractivity contribution in [2.75, 3.05) is 0 Å². The monoisotopic (exact) mass is 612 g/mol. The molecule has 0 fully saturated rings. The van der Waals surface area contributed by atoms with Gasteiger partial charge in [0.15, 0.2) is 5.70 Å². The van der Waals surface area contributed by atoms with Gasteiger partial charge in [-0.1, -0.05) is 43.3 Å². The number of hydrogen-bond acceptors (Lipinski definition) is 11. The lowest BCUT2D eigenvalue weighted by molar-refractivity contribution is -0.384. The standard InChI is InChI=1S/C29H29N2O11P/c1-18-25(24(19(2)32)28(33)34)30-26(29(35)39-17-20-13-15-21(16-14-20)31(36)37)27(18)42-43(38,40-22-9-5-3-6-10-22)41-23-11-7-4-8-12-23/h3-16,18-19,24-25,30,32H,17H2,1-2H3,(H,33,34)/t18-,19-,24-,25-/m1/s1. The zero-order valence-corrected chi connectivity index (χ0v) is 24.0. The van der Waals surface area contributed by atoms with Crippen LogP contribution in [0, 0.1) is 22.0 Å². The van der Waals surface area contributed by atoms with E-state index in [1.807, 2.05) is 0 Å². The summed E-state index contributed by atoms with van der Waals surface area (Å²) in [7, 11) is -4.60. The normalized spacial score (nSPS) is 17.7. The number of nitro benzene ring substituents is 1. The summed E-state index contributed by atoms with van der Waals surface area (Å²) in [6.45, 7) is 2.52. The Balaban J connectivity index is 1.68. The number of carbonyl (C=O) groups excluding carboxylic acids is 1. The Labute approximate surface area is 246 Å². The van der Waals surface area contributed by atoms with E-state index in [0.717, 1.165) is 0 Å². The van der Waals surface area contributed by atoms with Gasteiger partial charge in [0, 0.05) is 18.1 Å².